The van der Waals surface area contributed by atoms with Crippen LogP contribution in [0.5, 0.6) is 11.5 Å². The lowest BCUT2D eigenvalue weighted by Gasteiger charge is -2.18. The number of carbonyl (C=O) groups excluding carboxylic acids is 2. The zero-order valence-electron chi connectivity index (χ0n) is 23.6. The highest BCUT2D eigenvalue weighted by atomic mass is 35.5. The third-order valence-electron chi connectivity index (χ3n) is 6.74. The van der Waals surface area contributed by atoms with Crippen molar-refractivity contribution in [3.05, 3.63) is 66.2 Å². The van der Waals surface area contributed by atoms with Gasteiger partial charge in [-0.1, -0.05) is 30.3 Å². The van der Waals surface area contributed by atoms with Gasteiger partial charge in [0.15, 0.2) is 6.61 Å². The second-order valence-electron chi connectivity index (χ2n) is 9.93. The first-order valence-corrected chi connectivity index (χ1v) is 17.7. The van der Waals surface area contributed by atoms with E-state index < -0.39 is 68.9 Å². The monoisotopic (exact) mass is 724 g/mol. The molecule has 0 aliphatic rings. The van der Waals surface area contributed by atoms with Crippen LogP contribution in [-0.4, -0.2) is 69.0 Å². The molecule has 0 bridgehead atoms. The van der Waals surface area contributed by atoms with Gasteiger partial charge in [0.05, 0.1) is 6.21 Å². The Morgan fingerprint density at radius 2 is 1.32 bits per heavy atom. The van der Waals surface area contributed by atoms with Gasteiger partial charge in [-0.15, -0.1) is 11.6 Å². The lowest BCUT2D eigenvalue weighted by atomic mass is 9.93. The molecule has 0 saturated carbocycles. The van der Waals surface area contributed by atoms with E-state index in [-0.39, 0.29) is 43.8 Å². The van der Waals surface area contributed by atoms with Crippen LogP contribution in [0.4, 0.5) is 0 Å². The average molecular weight is 725 g/mol. The SMILES string of the molecule is C[C@@H](Cl)C(=O)Oc1cccc(/C=N\NC(=O)COc2cc(S(=O)(=O)O)c3ccc4c(S(=O)(=O)O)cc(S(=O)(=O)O)c5ccc2c3c54)c1. The van der Waals surface area contributed by atoms with E-state index >= 15 is 0 Å². The van der Waals surface area contributed by atoms with Crippen LogP contribution >= 0.6 is 11.6 Å². The molecular formula is C28H21ClN2O13S3. The van der Waals surface area contributed by atoms with E-state index in [0.717, 1.165) is 18.2 Å². The Bertz CT molecular complexity index is 2410. The molecule has 0 saturated heterocycles. The summed E-state index contributed by atoms with van der Waals surface area (Å²) in [5.41, 5.74) is 2.62. The first-order valence-electron chi connectivity index (χ1n) is 13.0. The minimum atomic E-state index is -5.09. The Labute approximate surface area is 271 Å². The molecule has 5 aromatic rings. The van der Waals surface area contributed by atoms with Crippen molar-refractivity contribution in [3.63, 3.8) is 0 Å². The highest BCUT2D eigenvalue weighted by molar-refractivity contribution is 7.87. The summed E-state index contributed by atoms with van der Waals surface area (Å²) in [5.74, 6) is -1.63. The highest BCUT2D eigenvalue weighted by Crippen LogP contribution is 2.45. The summed E-state index contributed by atoms with van der Waals surface area (Å²) < 4.78 is 114. The van der Waals surface area contributed by atoms with Crippen LogP contribution in [0.15, 0.2) is 80.5 Å². The lowest BCUT2D eigenvalue weighted by molar-refractivity contribution is -0.133. The predicted molar refractivity (Wildman–Crippen MR) is 168 cm³/mol. The molecule has 15 nitrogen and oxygen atoms in total. The van der Waals surface area contributed by atoms with Crippen molar-refractivity contribution in [1.29, 1.82) is 0 Å². The van der Waals surface area contributed by atoms with Gasteiger partial charge in [0.2, 0.25) is 0 Å². The molecule has 0 heterocycles. The standard InChI is InChI=1S/C28H21ClN2O13S3/c1-14(29)28(33)44-16-4-2-3-15(9-16)12-30-31-25(32)13-43-21-10-22(45(34,35)36)18-7-8-20-24(47(40,41)42)11-23(46(37,38)39)19-6-5-17(21)26(18)27(19)20/h2-12,14H,13H2,1H3,(H,31,32)(H,34,35,36)(H,37,38,39)(H,40,41,42)/b30-12-/t14-/m1/s1. The van der Waals surface area contributed by atoms with Crippen LogP contribution < -0.4 is 14.9 Å². The van der Waals surface area contributed by atoms with E-state index in [1.807, 2.05) is 0 Å². The average Bonchev–Trinajstić information content (AvgIpc) is 2.97. The van der Waals surface area contributed by atoms with Crippen LogP contribution in [0.3, 0.4) is 0 Å². The quantitative estimate of drug-likeness (QED) is 0.0308. The maximum absolute atomic E-state index is 12.6. The smallest absolute Gasteiger partial charge is 0.329 e. The van der Waals surface area contributed by atoms with Crippen molar-refractivity contribution in [3.8, 4) is 11.5 Å². The number of amides is 1. The minimum Gasteiger partial charge on any atom is -0.483 e. The number of nitrogens with one attached hydrogen (secondary N) is 1. The maximum atomic E-state index is 12.6. The molecule has 0 unspecified atom stereocenters. The summed E-state index contributed by atoms with van der Waals surface area (Å²) in [6.45, 7) is 0.683. The minimum absolute atomic E-state index is 0.0493. The Hall–Kier alpha value is -4.43. The number of hydrogen-bond donors (Lipinski definition) is 4. The Morgan fingerprint density at radius 3 is 1.85 bits per heavy atom. The van der Waals surface area contributed by atoms with E-state index in [1.54, 1.807) is 12.1 Å². The predicted octanol–water partition coefficient (Wildman–Crippen LogP) is 3.39. The van der Waals surface area contributed by atoms with E-state index in [4.69, 9.17) is 21.1 Å². The molecule has 4 N–H and O–H groups in total. The van der Waals surface area contributed by atoms with Gasteiger partial charge in [-0.05, 0) is 36.8 Å². The van der Waals surface area contributed by atoms with Gasteiger partial charge in [0.25, 0.3) is 36.3 Å². The Kier molecular flexibility index (Phi) is 8.88. The van der Waals surface area contributed by atoms with Crippen molar-refractivity contribution in [1.82, 2.24) is 5.43 Å². The molecule has 0 radical (unpaired) electrons. The summed E-state index contributed by atoms with van der Waals surface area (Å²) in [5, 5.41) is 1.96. The summed E-state index contributed by atoms with van der Waals surface area (Å²) in [6.07, 6.45) is 1.23. The van der Waals surface area contributed by atoms with Crippen molar-refractivity contribution in [2.75, 3.05) is 6.61 Å². The second-order valence-corrected chi connectivity index (χ2v) is 14.8. The number of hydrogen-bond acceptors (Lipinski definition) is 11. The van der Waals surface area contributed by atoms with Gasteiger partial charge < -0.3 is 9.47 Å². The lowest BCUT2D eigenvalue weighted by Crippen LogP contribution is -2.24. The molecule has 0 aliphatic heterocycles. The van der Waals surface area contributed by atoms with Crippen LogP contribution in [-0.2, 0) is 39.9 Å². The molecule has 1 atom stereocenters. The molecule has 0 fully saturated rings. The summed E-state index contributed by atoms with van der Waals surface area (Å²) >= 11 is 5.69. The zero-order valence-corrected chi connectivity index (χ0v) is 26.8. The van der Waals surface area contributed by atoms with Crippen LogP contribution in [0.1, 0.15) is 12.5 Å². The van der Waals surface area contributed by atoms with Crippen molar-refractivity contribution in [2.45, 2.75) is 27.0 Å². The molecule has 1 amide bonds. The third-order valence-corrected chi connectivity index (χ3v) is 9.60. The number of benzene rings is 5. The third kappa shape index (κ3) is 6.98. The molecule has 0 aromatic heterocycles. The molecule has 19 heteroatoms. The number of nitrogens with zero attached hydrogens (tertiary/aromatic N) is 1. The molecule has 5 rings (SSSR count). The van der Waals surface area contributed by atoms with Gasteiger partial charge >= 0.3 is 5.97 Å². The topological polar surface area (TPSA) is 240 Å². The van der Waals surface area contributed by atoms with Crippen molar-refractivity contribution in [2.24, 2.45) is 5.10 Å². The first kappa shape index (κ1) is 33.9. The fourth-order valence-corrected chi connectivity index (χ4v) is 7.09. The van der Waals surface area contributed by atoms with Gasteiger partial charge in [-0.3, -0.25) is 23.2 Å². The molecule has 5 aromatic carbocycles. The maximum Gasteiger partial charge on any atom is 0.329 e. The van der Waals surface area contributed by atoms with Crippen LogP contribution in [0, 0.1) is 0 Å². The Balaban J connectivity index is 1.53. The van der Waals surface area contributed by atoms with Crippen LogP contribution in [0.2, 0.25) is 0 Å². The van der Waals surface area contributed by atoms with Gasteiger partial charge in [-0.2, -0.15) is 30.4 Å². The molecule has 47 heavy (non-hydrogen) atoms. The van der Waals surface area contributed by atoms with Crippen molar-refractivity contribution >= 4 is 92.4 Å². The molecule has 0 spiro atoms. The van der Waals surface area contributed by atoms with Crippen molar-refractivity contribution < 1.29 is 58.0 Å². The number of esters is 1. The second kappa shape index (κ2) is 12.3. The fraction of sp³-hybridized carbons (Fsp3) is 0.107. The largest absolute Gasteiger partial charge is 0.483 e. The first-order chi connectivity index (χ1) is 21.9. The van der Waals surface area contributed by atoms with E-state index in [1.165, 1.54) is 37.4 Å². The summed E-state index contributed by atoms with van der Waals surface area (Å²) in [4.78, 5) is 21.7. The number of halogens is 1. The van der Waals surface area contributed by atoms with E-state index in [2.05, 4.69) is 10.5 Å². The molecule has 0 aliphatic carbocycles. The number of carbonyl (C=O) groups is 2. The normalized spacial score (nSPS) is 13.4. The van der Waals surface area contributed by atoms with E-state index in [9.17, 15) is 48.5 Å². The van der Waals surface area contributed by atoms with Gasteiger partial charge in [0.1, 0.15) is 31.6 Å². The number of ether oxygens (including phenoxy) is 2. The van der Waals surface area contributed by atoms with E-state index in [0.29, 0.717) is 11.6 Å². The number of hydrazone groups is 1. The summed E-state index contributed by atoms with van der Waals surface area (Å²) in [7, 11) is -15.2. The zero-order chi connectivity index (χ0) is 34.5. The summed E-state index contributed by atoms with van der Waals surface area (Å²) in [6, 6.07) is 12.3. The van der Waals surface area contributed by atoms with Crippen LogP contribution in [0.25, 0.3) is 32.3 Å². The Morgan fingerprint density at radius 1 is 0.809 bits per heavy atom. The molecule has 246 valence electrons. The highest BCUT2D eigenvalue weighted by Gasteiger charge is 2.28. The van der Waals surface area contributed by atoms with Gasteiger partial charge in [-0.25, -0.2) is 5.43 Å². The number of alkyl halides is 1. The molecular weight excluding hydrogens is 704 g/mol. The number of rotatable bonds is 10. The fourth-order valence-electron chi connectivity index (χ4n) is 4.84. The van der Waals surface area contributed by atoms with Gasteiger partial charge in [0, 0.05) is 38.4 Å².